The summed E-state index contributed by atoms with van der Waals surface area (Å²) in [5.74, 6) is 0.651. The van der Waals surface area contributed by atoms with Crippen LogP contribution in [0.5, 0.6) is 5.88 Å². The van der Waals surface area contributed by atoms with Crippen LogP contribution in [0.25, 0.3) is 11.1 Å². The number of nitrogen functional groups attached to an aromatic ring is 1. The van der Waals surface area contributed by atoms with Crippen LogP contribution in [-0.4, -0.2) is 104 Å². The molecule has 3 aliphatic rings. The molecule has 0 saturated carbocycles. The Kier molecular flexibility index (Phi) is 9.33. The molecule has 2 fully saturated rings. The minimum Gasteiger partial charge on any atom is -0.473 e. The maximum Gasteiger partial charge on any atom is 0.410 e. The van der Waals surface area contributed by atoms with Gasteiger partial charge in [0, 0.05) is 44.2 Å². The number of anilines is 2. The zero-order chi connectivity index (χ0) is 34.4. The molecule has 2 atom stereocenters. The van der Waals surface area contributed by atoms with E-state index in [2.05, 4.69) is 57.0 Å². The third-order valence-electron chi connectivity index (χ3n) is 9.43. The van der Waals surface area contributed by atoms with Crippen LogP contribution in [-0.2, 0) is 4.74 Å². The van der Waals surface area contributed by atoms with E-state index < -0.39 is 5.60 Å². The summed E-state index contributed by atoms with van der Waals surface area (Å²) in [5.41, 5.74) is 9.31. The lowest BCUT2D eigenvalue weighted by molar-refractivity contribution is 0.0105. The van der Waals surface area contributed by atoms with Gasteiger partial charge in [-0.1, -0.05) is 13.0 Å². The zero-order valence-corrected chi connectivity index (χ0v) is 30.0. The summed E-state index contributed by atoms with van der Waals surface area (Å²) >= 11 is 1.38. The monoisotopic (exact) mass is 679 g/mol. The highest BCUT2D eigenvalue weighted by Gasteiger charge is 2.36. The Morgan fingerprint density at radius 3 is 2.73 bits per heavy atom. The number of fused-ring (bicyclic) bond motifs is 1. The molecule has 2 amide bonds. The van der Waals surface area contributed by atoms with Gasteiger partial charge in [-0.05, 0) is 79.0 Å². The number of carbonyl (C=O) groups is 2. The van der Waals surface area contributed by atoms with Gasteiger partial charge in [0.15, 0.2) is 10.7 Å². The molecule has 0 radical (unpaired) electrons. The number of thiazole rings is 1. The van der Waals surface area contributed by atoms with Crippen molar-refractivity contribution in [2.45, 2.75) is 97.4 Å². The van der Waals surface area contributed by atoms with E-state index in [0.717, 1.165) is 67.3 Å². The number of nitrogens with zero attached hydrogens (tertiary/aromatic N) is 7. The summed E-state index contributed by atoms with van der Waals surface area (Å²) in [6, 6.07) is 1.98. The van der Waals surface area contributed by atoms with Crippen molar-refractivity contribution in [2.75, 3.05) is 49.9 Å². The standard InChI is InChI=1S/C34H49N9O4S/c1-8-42-15-12-24(17-34(42,6)7)46-31-28(48-21(2)38-31)30(44)39-23-10-9-13-40(19-23)26-16-25(43-27(26)29(35)36-20-37-43)22-11-14-41(18-22)32(45)47-33(3,4)5/h11,16,20,23-24H,8-10,12-15,17-19H2,1-7H3,(H,39,44)(H2,35,36,37)/t23-,24?/m1/s1. The lowest BCUT2D eigenvalue weighted by Crippen LogP contribution is -2.52. The predicted octanol–water partition coefficient (Wildman–Crippen LogP) is 4.75. The predicted molar refractivity (Wildman–Crippen MR) is 188 cm³/mol. The number of aryl methyl sites for hydroxylation is 1. The normalized spacial score (nSPS) is 21.8. The second-order valence-corrected chi connectivity index (χ2v) is 15.9. The molecule has 6 heterocycles. The smallest absolute Gasteiger partial charge is 0.410 e. The third-order valence-corrected chi connectivity index (χ3v) is 10.4. The third kappa shape index (κ3) is 7.09. The number of piperidine rings is 2. The van der Waals surface area contributed by atoms with E-state index in [1.54, 1.807) is 9.42 Å². The first kappa shape index (κ1) is 34.0. The molecule has 0 aromatic carbocycles. The lowest BCUT2D eigenvalue weighted by Gasteiger charge is -2.44. The Balaban J connectivity index is 1.17. The van der Waals surface area contributed by atoms with Crippen LogP contribution >= 0.6 is 11.3 Å². The minimum atomic E-state index is -0.576. The molecule has 14 heteroatoms. The van der Waals surface area contributed by atoms with Crippen molar-refractivity contribution in [3.05, 3.63) is 34.0 Å². The lowest BCUT2D eigenvalue weighted by atomic mass is 9.88. The van der Waals surface area contributed by atoms with Gasteiger partial charge in [0.25, 0.3) is 5.91 Å². The van der Waals surface area contributed by atoms with E-state index in [1.807, 2.05) is 33.8 Å². The van der Waals surface area contributed by atoms with E-state index in [1.165, 1.54) is 17.7 Å². The number of aromatic nitrogens is 4. The van der Waals surface area contributed by atoms with Gasteiger partial charge in [-0.3, -0.25) is 9.69 Å². The molecule has 0 bridgehead atoms. The Labute approximate surface area is 286 Å². The van der Waals surface area contributed by atoms with Gasteiger partial charge >= 0.3 is 6.09 Å². The van der Waals surface area contributed by atoms with Crippen molar-refractivity contribution < 1.29 is 19.1 Å². The largest absolute Gasteiger partial charge is 0.473 e. The van der Waals surface area contributed by atoms with Gasteiger partial charge in [-0.25, -0.2) is 19.3 Å². The Morgan fingerprint density at radius 1 is 1.21 bits per heavy atom. The van der Waals surface area contributed by atoms with Crippen molar-refractivity contribution in [3.63, 3.8) is 0 Å². The molecule has 3 aliphatic heterocycles. The molecule has 2 saturated heterocycles. The van der Waals surface area contributed by atoms with E-state index in [0.29, 0.717) is 41.7 Å². The number of rotatable bonds is 7. The first-order chi connectivity index (χ1) is 22.7. The van der Waals surface area contributed by atoms with E-state index in [4.69, 9.17) is 15.2 Å². The molecular weight excluding hydrogens is 630 g/mol. The molecule has 3 N–H and O–H groups in total. The molecule has 1 unspecified atom stereocenters. The molecule has 3 aromatic heterocycles. The number of likely N-dealkylation sites (tertiary alicyclic amines) is 1. The van der Waals surface area contributed by atoms with Gasteiger partial charge in [-0.15, -0.1) is 11.3 Å². The fourth-order valence-corrected chi connectivity index (χ4v) is 7.91. The number of nitrogens with two attached hydrogens (primary N) is 1. The van der Waals surface area contributed by atoms with Crippen LogP contribution in [0, 0.1) is 6.92 Å². The van der Waals surface area contributed by atoms with Crippen molar-refractivity contribution in [2.24, 2.45) is 0 Å². The summed E-state index contributed by atoms with van der Waals surface area (Å²) in [7, 11) is 0. The number of hydrogen-bond acceptors (Lipinski definition) is 11. The van der Waals surface area contributed by atoms with Crippen molar-refractivity contribution in [3.8, 4) is 5.88 Å². The number of amides is 2. The van der Waals surface area contributed by atoms with E-state index in [9.17, 15) is 9.59 Å². The maximum absolute atomic E-state index is 13.7. The number of carbonyl (C=O) groups excluding carboxylic acids is 2. The molecule has 6 rings (SSSR count). The van der Waals surface area contributed by atoms with Crippen molar-refractivity contribution in [1.82, 2.24) is 34.7 Å². The zero-order valence-electron chi connectivity index (χ0n) is 29.2. The van der Waals surface area contributed by atoms with Gasteiger partial charge in [0.1, 0.15) is 23.5 Å². The second-order valence-electron chi connectivity index (χ2n) is 14.7. The van der Waals surface area contributed by atoms with Crippen molar-refractivity contribution >= 4 is 45.9 Å². The summed E-state index contributed by atoms with van der Waals surface area (Å²) in [6.07, 6.45) is 6.65. The highest BCUT2D eigenvalue weighted by atomic mass is 32.1. The van der Waals surface area contributed by atoms with E-state index >= 15 is 0 Å². The Morgan fingerprint density at radius 2 is 2.00 bits per heavy atom. The molecule has 260 valence electrons. The number of ether oxygens (including phenoxy) is 2. The maximum atomic E-state index is 13.7. The second kappa shape index (κ2) is 13.2. The van der Waals surface area contributed by atoms with Crippen molar-refractivity contribution in [1.29, 1.82) is 0 Å². The summed E-state index contributed by atoms with van der Waals surface area (Å²) in [4.78, 5) is 42.3. The first-order valence-electron chi connectivity index (χ1n) is 17.0. The summed E-state index contributed by atoms with van der Waals surface area (Å²) < 4.78 is 13.8. The fraction of sp³-hybridized carbons (Fsp3) is 0.618. The van der Waals surface area contributed by atoms with E-state index in [-0.39, 0.29) is 29.7 Å². The topological polar surface area (TPSA) is 143 Å². The molecular formula is C34H49N9O4S. The van der Waals surface area contributed by atoms with Crippen LogP contribution in [0.4, 0.5) is 16.3 Å². The molecule has 13 nitrogen and oxygen atoms in total. The van der Waals surface area contributed by atoms with Crippen LogP contribution in [0.1, 0.15) is 87.6 Å². The fourth-order valence-electron chi connectivity index (χ4n) is 7.16. The quantitative estimate of drug-likeness (QED) is 0.359. The van der Waals surface area contributed by atoms with Gasteiger partial charge < -0.3 is 30.3 Å². The van der Waals surface area contributed by atoms with Gasteiger partial charge in [-0.2, -0.15) is 5.10 Å². The highest BCUT2D eigenvalue weighted by Crippen LogP contribution is 2.36. The van der Waals surface area contributed by atoms with Gasteiger partial charge in [0.05, 0.1) is 22.9 Å². The number of nitrogens with one attached hydrogen (secondary N) is 1. The summed E-state index contributed by atoms with van der Waals surface area (Å²) in [6.45, 7) is 18.4. The molecule has 0 spiro atoms. The molecule has 0 aliphatic carbocycles. The number of hydrogen-bond donors (Lipinski definition) is 2. The van der Waals surface area contributed by atoms with Crippen LogP contribution in [0.2, 0.25) is 0 Å². The Bertz CT molecular complexity index is 1710. The summed E-state index contributed by atoms with van der Waals surface area (Å²) in [5, 5.41) is 8.64. The average molecular weight is 680 g/mol. The van der Waals surface area contributed by atoms with Crippen LogP contribution in [0.15, 0.2) is 18.5 Å². The Hall–Kier alpha value is -3.91. The minimum absolute atomic E-state index is 0.0113. The molecule has 3 aromatic rings. The highest BCUT2D eigenvalue weighted by molar-refractivity contribution is 7.13. The first-order valence-corrected chi connectivity index (χ1v) is 17.8. The van der Waals surface area contributed by atoms with Gasteiger partial charge in [0.2, 0.25) is 5.88 Å². The van der Waals surface area contributed by atoms with Crippen LogP contribution < -0.4 is 20.7 Å². The average Bonchev–Trinajstić information content (AvgIpc) is 3.74. The molecule has 48 heavy (non-hydrogen) atoms. The van der Waals surface area contributed by atoms with Crippen LogP contribution in [0.3, 0.4) is 0 Å². The SMILES string of the molecule is CCN1CCC(Oc2nc(C)sc2C(=O)N[C@@H]2CCCN(c3cc(C4=CCN(C(=O)OC(C)(C)C)C4)n4ncnc(N)c34)C2)CC1(C)C.